The van der Waals surface area contributed by atoms with Crippen LogP contribution in [-0.4, -0.2) is 23.2 Å². The Balaban J connectivity index is 1.45. The highest BCUT2D eigenvalue weighted by Crippen LogP contribution is 2.40. The summed E-state index contributed by atoms with van der Waals surface area (Å²) in [5.74, 6) is 2.97. The van der Waals surface area contributed by atoms with Crippen LogP contribution in [0.3, 0.4) is 0 Å². The maximum atomic E-state index is 12.8. The number of benzene rings is 1. The summed E-state index contributed by atoms with van der Waals surface area (Å²) in [5.41, 5.74) is 1.23. The standard InChI is InChI=1S/C21H22N2O3S2/c1-11-3-5-14-17(9-11)28-21-18(14)20(24)22-19(23-21)12(2)27-13-4-6-15-16(10-13)26-8-7-25-15/h4,6,10-12H,3,5,7-9H2,1-2H3,(H,22,23,24)/t11-,12-/m1/s1. The van der Waals surface area contributed by atoms with Crippen molar-refractivity contribution in [3.63, 3.8) is 0 Å². The summed E-state index contributed by atoms with van der Waals surface area (Å²) in [5, 5.41) is 0.838. The van der Waals surface area contributed by atoms with Gasteiger partial charge in [-0.3, -0.25) is 4.79 Å². The van der Waals surface area contributed by atoms with Crippen molar-refractivity contribution in [1.29, 1.82) is 0 Å². The third-order valence-electron chi connectivity index (χ3n) is 5.40. The van der Waals surface area contributed by atoms with E-state index in [0.29, 0.717) is 19.1 Å². The molecule has 1 aliphatic heterocycles. The Bertz CT molecular complexity index is 1100. The van der Waals surface area contributed by atoms with Crippen molar-refractivity contribution >= 4 is 33.3 Å². The van der Waals surface area contributed by atoms with E-state index in [4.69, 9.17) is 14.5 Å². The predicted molar refractivity (Wildman–Crippen MR) is 113 cm³/mol. The SMILES string of the molecule is C[C@@H]1CCc2c(sc3nc([C@@H](C)Sc4ccc5c(c4)OCCO5)[nH]c(=O)c23)C1. The lowest BCUT2D eigenvalue weighted by atomic mass is 9.89. The van der Waals surface area contributed by atoms with E-state index in [1.54, 1.807) is 23.1 Å². The molecular formula is C21H22N2O3S2. The van der Waals surface area contributed by atoms with Crippen molar-refractivity contribution in [2.24, 2.45) is 5.92 Å². The van der Waals surface area contributed by atoms with Gasteiger partial charge in [-0.05, 0) is 55.9 Å². The molecule has 28 heavy (non-hydrogen) atoms. The molecule has 3 aromatic rings. The fourth-order valence-corrected chi connectivity index (χ4v) is 6.26. The molecule has 1 N–H and O–H groups in total. The van der Waals surface area contributed by atoms with E-state index in [1.807, 2.05) is 18.2 Å². The number of fused-ring (bicyclic) bond motifs is 4. The number of H-pyrrole nitrogens is 1. The smallest absolute Gasteiger partial charge is 0.259 e. The molecule has 0 unspecified atom stereocenters. The summed E-state index contributed by atoms with van der Waals surface area (Å²) < 4.78 is 11.3. The first-order chi connectivity index (χ1) is 13.6. The molecule has 3 heterocycles. The summed E-state index contributed by atoms with van der Waals surface area (Å²) in [6.45, 7) is 5.51. The number of hydrogen-bond acceptors (Lipinski definition) is 6. The molecule has 0 fully saturated rings. The van der Waals surface area contributed by atoms with E-state index in [-0.39, 0.29) is 10.8 Å². The number of hydrogen-bond donors (Lipinski definition) is 1. The van der Waals surface area contributed by atoms with E-state index in [9.17, 15) is 4.79 Å². The largest absolute Gasteiger partial charge is 0.486 e. The highest BCUT2D eigenvalue weighted by atomic mass is 32.2. The zero-order valence-corrected chi connectivity index (χ0v) is 17.5. The molecule has 7 heteroatoms. The summed E-state index contributed by atoms with van der Waals surface area (Å²) in [4.78, 5) is 24.0. The van der Waals surface area contributed by atoms with Crippen molar-refractivity contribution in [3.05, 3.63) is 44.8 Å². The quantitative estimate of drug-likeness (QED) is 0.628. The molecule has 1 aromatic carbocycles. The Morgan fingerprint density at radius 3 is 2.96 bits per heavy atom. The van der Waals surface area contributed by atoms with Gasteiger partial charge in [0.05, 0.1) is 10.6 Å². The third-order valence-corrected chi connectivity index (χ3v) is 7.65. The molecule has 0 saturated heterocycles. The first kappa shape index (κ1) is 18.1. The minimum absolute atomic E-state index is 0.00155. The first-order valence-electron chi connectivity index (χ1n) is 9.69. The number of nitrogens with one attached hydrogen (secondary N) is 1. The Hall–Kier alpha value is -1.99. The summed E-state index contributed by atoms with van der Waals surface area (Å²) in [6.07, 6.45) is 3.20. The van der Waals surface area contributed by atoms with E-state index in [0.717, 1.165) is 51.7 Å². The van der Waals surface area contributed by atoms with Gasteiger partial charge in [-0.15, -0.1) is 23.1 Å². The molecule has 0 radical (unpaired) electrons. The summed E-state index contributed by atoms with van der Waals surface area (Å²) >= 11 is 3.36. The molecule has 0 amide bonds. The molecule has 0 spiro atoms. The fourth-order valence-electron chi connectivity index (χ4n) is 3.91. The third kappa shape index (κ3) is 3.20. The van der Waals surface area contributed by atoms with E-state index >= 15 is 0 Å². The molecule has 2 aliphatic rings. The monoisotopic (exact) mass is 414 g/mol. The van der Waals surface area contributed by atoms with E-state index in [1.165, 1.54) is 10.4 Å². The lowest BCUT2D eigenvalue weighted by Gasteiger charge is -2.19. The average molecular weight is 415 g/mol. The lowest BCUT2D eigenvalue weighted by Crippen LogP contribution is -2.15. The number of nitrogens with zero attached hydrogens (tertiary/aromatic N) is 1. The van der Waals surface area contributed by atoms with Gasteiger partial charge in [0.25, 0.3) is 5.56 Å². The van der Waals surface area contributed by atoms with Gasteiger partial charge in [0, 0.05) is 9.77 Å². The molecule has 5 rings (SSSR count). The molecular weight excluding hydrogens is 392 g/mol. The van der Waals surface area contributed by atoms with Crippen molar-refractivity contribution in [2.75, 3.05) is 13.2 Å². The van der Waals surface area contributed by atoms with Crippen LogP contribution in [0.5, 0.6) is 11.5 Å². The van der Waals surface area contributed by atoms with Gasteiger partial charge in [0.2, 0.25) is 0 Å². The van der Waals surface area contributed by atoms with Crippen molar-refractivity contribution in [1.82, 2.24) is 9.97 Å². The Kier molecular flexibility index (Phi) is 4.59. The number of aromatic amines is 1. The minimum atomic E-state index is 0.00155. The summed E-state index contributed by atoms with van der Waals surface area (Å²) in [7, 11) is 0. The van der Waals surface area contributed by atoms with Gasteiger partial charge in [0.1, 0.15) is 23.9 Å². The van der Waals surface area contributed by atoms with Crippen LogP contribution in [0.25, 0.3) is 10.2 Å². The topological polar surface area (TPSA) is 64.2 Å². The predicted octanol–water partition coefficient (Wildman–Crippen LogP) is 4.73. The number of rotatable bonds is 3. The number of ether oxygens (including phenoxy) is 2. The second-order valence-electron chi connectivity index (χ2n) is 7.55. The Morgan fingerprint density at radius 1 is 1.29 bits per heavy atom. The molecule has 1 aliphatic carbocycles. The average Bonchev–Trinajstić information content (AvgIpc) is 3.05. The number of aryl methyl sites for hydroxylation is 1. The molecule has 0 saturated carbocycles. The molecule has 146 valence electrons. The minimum Gasteiger partial charge on any atom is -0.486 e. The summed E-state index contributed by atoms with van der Waals surface area (Å²) in [6, 6.07) is 5.96. The van der Waals surface area contributed by atoms with Crippen LogP contribution < -0.4 is 15.0 Å². The first-order valence-corrected chi connectivity index (χ1v) is 11.4. The van der Waals surface area contributed by atoms with Crippen LogP contribution in [0.15, 0.2) is 27.9 Å². The van der Waals surface area contributed by atoms with Crippen LogP contribution in [0.1, 0.15) is 41.8 Å². The Morgan fingerprint density at radius 2 is 2.11 bits per heavy atom. The molecule has 2 atom stereocenters. The highest BCUT2D eigenvalue weighted by molar-refractivity contribution is 7.99. The maximum Gasteiger partial charge on any atom is 0.259 e. The number of thioether (sulfide) groups is 1. The van der Waals surface area contributed by atoms with Crippen molar-refractivity contribution in [2.45, 2.75) is 43.3 Å². The maximum absolute atomic E-state index is 12.8. The van der Waals surface area contributed by atoms with Gasteiger partial charge >= 0.3 is 0 Å². The van der Waals surface area contributed by atoms with Crippen molar-refractivity contribution < 1.29 is 9.47 Å². The van der Waals surface area contributed by atoms with Gasteiger partial charge in [-0.2, -0.15) is 0 Å². The van der Waals surface area contributed by atoms with Crippen molar-refractivity contribution in [3.8, 4) is 11.5 Å². The van der Waals surface area contributed by atoms with Gasteiger partial charge < -0.3 is 14.5 Å². The van der Waals surface area contributed by atoms with Gasteiger partial charge in [0.15, 0.2) is 11.5 Å². The van der Waals surface area contributed by atoms with Crippen LogP contribution in [0.2, 0.25) is 0 Å². The van der Waals surface area contributed by atoms with Gasteiger partial charge in [-0.25, -0.2) is 4.98 Å². The molecule has 0 bridgehead atoms. The van der Waals surface area contributed by atoms with Crippen LogP contribution in [-0.2, 0) is 12.8 Å². The van der Waals surface area contributed by atoms with Crippen LogP contribution >= 0.6 is 23.1 Å². The molecule has 5 nitrogen and oxygen atoms in total. The van der Waals surface area contributed by atoms with E-state index < -0.39 is 0 Å². The zero-order chi connectivity index (χ0) is 19.3. The number of aromatic nitrogens is 2. The lowest BCUT2D eigenvalue weighted by molar-refractivity contribution is 0.171. The van der Waals surface area contributed by atoms with E-state index in [2.05, 4.69) is 18.8 Å². The van der Waals surface area contributed by atoms with Crippen LogP contribution in [0.4, 0.5) is 0 Å². The fraction of sp³-hybridized carbons (Fsp3) is 0.429. The second kappa shape index (κ2) is 7.12. The van der Waals surface area contributed by atoms with Gasteiger partial charge in [-0.1, -0.05) is 6.92 Å². The highest BCUT2D eigenvalue weighted by Gasteiger charge is 2.24. The Labute approximate surface area is 171 Å². The molecule has 2 aromatic heterocycles. The normalized spacial score (nSPS) is 19.4. The van der Waals surface area contributed by atoms with Crippen LogP contribution in [0, 0.1) is 5.92 Å². The zero-order valence-electron chi connectivity index (χ0n) is 15.9. The number of thiophene rings is 1. The second-order valence-corrected chi connectivity index (χ2v) is 10.0.